The number of nitrogens with one attached hydrogen (secondary N) is 2. The Morgan fingerprint density at radius 1 is 0.958 bits per heavy atom. The van der Waals surface area contributed by atoms with Crippen molar-refractivity contribution in [3.05, 3.63) is 36.7 Å². The van der Waals surface area contributed by atoms with Crippen molar-refractivity contribution in [2.24, 2.45) is 5.73 Å². The average Bonchev–Trinajstić information content (AvgIpc) is 2.63. The predicted molar refractivity (Wildman–Crippen MR) is 100 cm³/mol. The van der Waals surface area contributed by atoms with E-state index in [0.29, 0.717) is 12.6 Å². The Kier molecular flexibility index (Phi) is 6.01. The van der Waals surface area contributed by atoms with Crippen molar-refractivity contribution in [3.63, 3.8) is 0 Å². The van der Waals surface area contributed by atoms with Crippen LogP contribution in [-0.4, -0.2) is 29.1 Å². The lowest BCUT2D eigenvalue weighted by atomic mass is 9.95. The lowest BCUT2D eigenvalue weighted by Crippen LogP contribution is -2.22. The molecule has 4 N–H and O–H groups in total. The summed E-state index contributed by atoms with van der Waals surface area (Å²) < 4.78 is 0. The van der Waals surface area contributed by atoms with E-state index in [1.807, 2.05) is 24.5 Å². The molecule has 0 aromatic carbocycles. The lowest BCUT2D eigenvalue weighted by molar-refractivity contribution is 0.462. The molecule has 0 bridgehead atoms. The van der Waals surface area contributed by atoms with Crippen LogP contribution in [0.15, 0.2) is 36.7 Å². The predicted octanol–water partition coefficient (Wildman–Crippen LogP) is 3.65. The number of aromatic nitrogens is 2. The molecule has 128 valence electrons. The summed E-state index contributed by atoms with van der Waals surface area (Å²) in [5, 5.41) is 6.90. The molecule has 0 amide bonds. The number of hydrogen-bond acceptors (Lipinski definition) is 5. The van der Waals surface area contributed by atoms with Gasteiger partial charge in [0.2, 0.25) is 0 Å². The summed E-state index contributed by atoms with van der Waals surface area (Å²) in [5.74, 6) is 1.86. The minimum Gasteiger partial charge on any atom is -0.370 e. The Bertz CT molecular complexity index is 637. The third-order valence-electron chi connectivity index (χ3n) is 4.50. The minimum absolute atomic E-state index is 0.562. The van der Waals surface area contributed by atoms with Crippen molar-refractivity contribution < 1.29 is 0 Å². The molecule has 5 heteroatoms. The van der Waals surface area contributed by atoms with Gasteiger partial charge in [0, 0.05) is 25.0 Å². The van der Waals surface area contributed by atoms with Crippen LogP contribution in [0.4, 0.5) is 11.6 Å². The quantitative estimate of drug-likeness (QED) is 0.678. The second-order valence-corrected chi connectivity index (χ2v) is 6.41. The van der Waals surface area contributed by atoms with Crippen LogP contribution in [0.25, 0.3) is 11.1 Å². The summed E-state index contributed by atoms with van der Waals surface area (Å²) in [6.07, 6.45) is 11.2. The number of nitrogens with zero attached hydrogens (tertiary/aromatic N) is 2. The van der Waals surface area contributed by atoms with Crippen molar-refractivity contribution in [3.8, 4) is 11.1 Å². The van der Waals surface area contributed by atoms with Gasteiger partial charge >= 0.3 is 0 Å². The molecule has 0 atom stereocenters. The highest BCUT2D eigenvalue weighted by Gasteiger charge is 2.13. The molecule has 0 saturated heterocycles. The molecule has 0 radical (unpaired) electrons. The zero-order valence-electron chi connectivity index (χ0n) is 14.2. The smallest absolute Gasteiger partial charge is 0.126 e. The molecule has 1 fully saturated rings. The van der Waals surface area contributed by atoms with Gasteiger partial charge in [-0.25, -0.2) is 9.97 Å². The van der Waals surface area contributed by atoms with Gasteiger partial charge in [0.25, 0.3) is 0 Å². The van der Waals surface area contributed by atoms with Gasteiger partial charge in [0.1, 0.15) is 11.6 Å². The van der Waals surface area contributed by atoms with Crippen molar-refractivity contribution in [1.29, 1.82) is 0 Å². The monoisotopic (exact) mass is 325 g/mol. The van der Waals surface area contributed by atoms with Crippen LogP contribution in [0.1, 0.15) is 38.5 Å². The molecule has 1 aliphatic rings. The number of nitrogens with two attached hydrogens (primary N) is 1. The summed E-state index contributed by atoms with van der Waals surface area (Å²) in [4.78, 5) is 8.86. The third-order valence-corrected chi connectivity index (χ3v) is 4.50. The van der Waals surface area contributed by atoms with Crippen LogP contribution >= 0.6 is 0 Å². The maximum absolute atomic E-state index is 5.53. The van der Waals surface area contributed by atoms with E-state index < -0.39 is 0 Å². The van der Waals surface area contributed by atoms with Gasteiger partial charge in [-0.3, -0.25) is 0 Å². The molecule has 0 aliphatic heterocycles. The molecule has 0 unspecified atom stereocenters. The molecule has 2 aromatic rings. The van der Waals surface area contributed by atoms with Crippen LogP contribution < -0.4 is 16.4 Å². The first-order valence-electron chi connectivity index (χ1n) is 8.98. The molecule has 2 aromatic heterocycles. The molecule has 5 nitrogen and oxygen atoms in total. The van der Waals surface area contributed by atoms with E-state index >= 15 is 0 Å². The first-order chi connectivity index (χ1) is 11.8. The van der Waals surface area contributed by atoms with Crippen molar-refractivity contribution in [1.82, 2.24) is 9.97 Å². The van der Waals surface area contributed by atoms with Gasteiger partial charge in [-0.2, -0.15) is 0 Å². The van der Waals surface area contributed by atoms with Crippen LogP contribution in [-0.2, 0) is 0 Å². The Balaban J connectivity index is 1.69. The highest BCUT2D eigenvalue weighted by Crippen LogP contribution is 2.25. The number of anilines is 2. The number of rotatable bonds is 7. The SMILES string of the molecule is NCCCNc1cc(-c2ccnc(NC3CCCCC3)c2)ccn1. The van der Waals surface area contributed by atoms with E-state index in [1.165, 1.54) is 32.1 Å². The van der Waals surface area contributed by atoms with Gasteiger partial charge < -0.3 is 16.4 Å². The molecule has 1 saturated carbocycles. The molecule has 2 heterocycles. The maximum Gasteiger partial charge on any atom is 0.126 e. The van der Waals surface area contributed by atoms with E-state index in [1.54, 1.807) is 0 Å². The van der Waals surface area contributed by atoms with E-state index in [2.05, 4.69) is 32.7 Å². The molecule has 1 aliphatic carbocycles. The Morgan fingerprint density at radius 3 is 2.33 bits per heavy atom. The fourth-order valence-corrected chi connectivity index (χ4v) is 3.17. The zero-order valence-corrected chi connectivity index (χ0v) is 14.2. The maximum atomic E-state index is 5.53. The van der Waals surface area contributed by atoms with E-state index in [4.69, 9.17) is 5.73 Å². The third kappa shape index (κ3) is 4.68. The zero-order chi connectivity index (χ0) is 16.6. The van der Waals surface area contributed by atoms with E-state index in [0.717, 1.165) is 35.7 Å². The highest BCUT2D eigenvalue weighted by atomic mass is 15.0. The summed E-state index contributed by atoms with van der Waals surface area (Å²) in [5.41, 5.74) is 7.84. The summed E-state index contributed by atoms with van der Waals surface area (Å²) in [7, 11) is 0. The Labute approximate surface area is 144 Å². The van der Waals surface area contributed by atoms with Crippen molar-refractivity contribution in [2.45, 2.75) is 44.6 Å². The summed E-state index contributed by atoms with van der Waals surface area (Å²) in [6, 6.07) is 8.86. The summed E-state index contributed by atoms with van der Waals surface area (Å²) >= 11 is 0. The normalized spacial score (nSPS) is 15.2. The number of pyridine rings is 2. The van der Waals surface area contributed by atoms with Crippen molar-refractivity contribution >= 4 is 11.6 Å². The highest BCUT2D eigenvalue weighted by molar-refractivity contribution is 5.68. The van der Waals surface area contributed by atoms with Crippen LogP contribution in [0.3, 0.4) is 0 Å². The van der Waals surface area contributed by atoms with E-state index in [9.17, 15) is 0 Å². The van der Waals surface area contributed by atoms with E-state index in [-0.39, 0.29) is 0 Å². The van der Waals surface area contributed by atoms with Gasteiger partial charge in [0.05, 0.1) is 0 Å². The fraction of sp³-hybridized carbons (Fsp3) is 0.474. The van der Waals surface area contributed by atoms with Gasteiger partial charge in [-0.15, -0.1) is 0 Å². The standard InChI is InChI=1S/C19H27N5/c20-9-4-10-21-18-13-15(7-11-22-18)16-8-12-23-19(14-16)24-17-5-2-1-3-6-17/h7-8,11-14,17H,1-6,9-10,20H2,(H,21,22)(H,23,24). The first kappa shape index (κ1) is 16.7. The lowest BCUT2D eigenvalue weighted by Gasteiger charge is -2.23. The summed E-state index contributed by atoms with van der Waals surface area (Å²) in [6.45, 7) is 1.53. The molecule has 24 heavy (non-hydrogen) atoms. The molecular formula is C19H27N5. The largest absolute Gasteiger partial charge is 0.370 e. The minimum atomic E-state index is 0.562. The van der Waals surface area contributed by atoms with Gasteiger partial charge in [-0.05, 0) is 61.2 Å². The second kappa shape index (κ2) is 8.64. The second-order valence-electron chi connectivity index (χ2n) is 6.41. The Hall–Kier alpha value is -2.14. The molecule has 0 spiro atoms. The van der Waals surface area contributed by atoms with Crippen molar-refractivity contribution in [2.75, 3.05) is 23.7 Å². The number of hydrogen-bond donors (Lipinski definition) is 3. The fourth-order valence-electron chi connectivity index (χ4n) is 3.17. The van der Waals surface area contributed by atoms with Crippen LogP contribution in [0.2, 0.25) is 0 Å². The van der Waals surface area contributed by atoms with Crippen LogP contribution in [0, 0.1) is 0 Å². The van der Waals surface area contributed by atoms with Gasteiger partial charge in [-0.1, -0.05) is 19.3 Å². The van der Waals surface area contributed by atoms with Crippen LogP contribution in [0.5, 0.6) is 0 Å². The first-order valence-corrected chi connectivity index (χ1v) is 8.98. The Morgan fingerprint density at radius 2 is 1.62 bits per heavy atom. The topological polar surface area (TPSA) is 75.9 Å². The molecular weight excluding hydrogens is 298 g/mol. The molecule has 3 rings (SSSR count). The average molecular weight is 325 g/mol. The van der Waals surface area contributed by atoms with Gasteiger partial charge in [0.15, 0.2) is 0 Å².